The predicted octanol–water partition coefficient (Wildman–Crippen LogP) is 0.346. The minimum Gasteiger partial charge on any atom is -0.368 e. The van der Waals surface area contributed by atoms with Gasteiger partial charge in [0.2, 0.25) is 5.91 Å². The number of rotatable bonds is 6. The second kappa shape index (κ2) is 6.07. The van der Waals surface area contributed by atoms with Crippen LogP contribution in [0.15, 0.2) is 12.1 Å². The van der Waals surface area contributed by atoms with Crippen molar-refractivity contribution in [1.82, 2.24) is 5.32 Å². The van der Waals surface area contributed by atoms with Crippen molar-refractivity contribution in [3.8, 4) is 0 Å². The summed E-state index contributed by atoms with van der Waals surface area (Å²) in [6, 6.07) is 3.25. The third-order valence-corrected chi connectivity index (χ3v) is 3.20. The number of carbonyl (C=O) groups excluding carboxylic acids is 1. The average Bonchev–Trinajstić information content (AvgIpc) is 2.58. The summed E-state index contributed by atoms with van der Waals surface area (Å²) >= 11 is 7.34. The summed E-state index contributed by atoms with van der Waals surface area (Å²) in [5, 5.41) is 3.06. The van der Waals surface area contributed by atoms with Gasteiger partial charge in [0.15, 0.2) is 0 Å². The zero-order chi connectivity index (χ0) is 11.3. The molecule has 1 amide bonds. The van der Waals surface area contributed by atoms with Gasteiger partial charge in [-0.1, -0.05) is 11.6 Å². The van der Waals surface area contributed by atoms with Crippen LogP contribution in [-0.4, -0.2) is 25.0 Å². The molecule has 0 aromatic carbocycles. The molecule has 1 rings (SSSR count). The molecule has 1 atom stereocenters. The van der Waals surface area contributed by atoms with Gasteiger partial charge >= 0.3 is 0 Å². The lowest BCUT2D eigenvalue weighted by atomic mass is 10.3. The maximum atomic E-state index is 10.6. The zero-order valence-electron chi connectivity index (χ0n) is 8.20. The van der Waals surface area contributed by atoms with E-state index < -0.39 is 11.9 Å². The number of nitrogens with one attached hydrogen (secondary N) is 1. The smallest absolute Gasteiger partial charge is 0.235 e. The molecule has 0 saturated carbocycles. The van der Waals surface area contributed by atoms with E-state index in [2.05, 4.69) is 5.32 Å². The Bertz CT molecular complexity index is 329. The highest BCUT2D eigenvalue weighted by atomic mass is 35.5. The largest absolute Gasteiger partial charge is 0.368 e. The number of hydrogen-bond acceptors (Lipinski definition) is 4. The van der Waals surface area contributed by atoms with Crippen molar-refractivity contribution in [2.45, 2.75) is 12.5 Å². The molecule has 0 fully saturated rings. The van der Waals surface area contributed by atoms with Gasteiger partial charge in [0.05, 0.1) is 10.4 Å². The lowest BCUT2D eigenvalue weighted by Crippen LogP contribution is -2.44. The van der Waals surface area contributed by atoms with Gasteiger partial charge in [-0.2, -0.15) is 0 Å². The summed E-state index contributed by atoms with van der Waals surface area (Å²) in [6.45, 7) is 1.17. The lowest BCUT2D eigenvalue weighted by Gasteiger charge is -2.08. The first-order chi connectivity index (χ1) is 7.09. The second-order valence-corrected chi connectivity index (χ2v) is 4.97. The van der Waals surface area contributed by atoms with E-state index in [9.17, 15) is 4.79 Å². The van der Waals surface area contributed by atoms with Crippen LogP contribution in [0.1, 0.15) is 4.88 Å². The summed E-state index contributed by atoms with van der Waals surface area (Å²) < 4.78 is 0.791. The minimum atomic E-state index is -0.614. The van der Waals surface area contributed by atoms with E-state index in [1.807, 2.05) is 12.1 Å². The molecule has 1 unspecified atom stereocenters. The quantitative estimate of drug-likeness (QED) is 0.635. The van der Waals surface area contributed by atoms with Crippen molar-refractivity contribution >= 4 is 28.8 Å². The van der Waals surface area contributed by atoms with Crippen LogP contribution in [0.2, 0.25) is 4.34 Å². The SMILES string of the molecule is NC(=O)C(N)CNCCc1ccc(Cl)s1. The minimum absolute atomic E-state index is 0.411. The molecule has 0 radical (unpaired) electrons. The highest BCUT2D eigenvalue weighted by Gasteiger charge is 2.07. The zero-order valence-corrected chi connectivity index (χ0v) is 9.77. The number of amides is 1. The fourth-order valence-electron chi connectivity index (χ4n) is 1.06. The first-order valence-electron chi connectivity index (χ1n) is 4.59. The monoisotopic (exact) mass is 247 g/mol. The van der Waals surface area contributed by atoms with Crippen molar-refractivity contribution < 1.29 is 4.79 Å². The van der Waals surface area contributed by atoms with Gasteiger partial charge in [-0.05, 0) is 18.6 Å². The molecular weight excluding hydrogens is 234 g/mol. The summed E-state index contributed by atoms with van der Waals surface area (Å²) in [7, 11) is 0. The van der Waals surface area contributed by atoms with Crippen LogP contribution in [0, 0.1) is 0 Å². The second-order valence-electron chi connectivity index (χ2n) is 3.17. The van der Waals surface area contributed by atoms with Crippen molar-refractivity contribution in [2.24, 2.45) is 11.5 Å². The molecule has 0 bridgehead atoms. The molecule has 15 heavy (non-hydrogen) atoms. The summed E-state index contributed by atoms with van der Waals surface area (Å²) in [6.07, 6.45) is 0.878. The standard InChI is InChI=1S/C9H14ClN3OS/c10-8-2-1-6(15-8)3-4-13-5-7(11)9(12)14/h1-2,7,13H,3-5,11H2,(H2,12,14). The van der Waals surface area contributed by atoms with E-state index in [1.165, 1.54) is 4.88 Å². The molecule has 0 aliphatic rings. The van der Waals surface area contributed by atoms with Crippen LogP contribution in [-0.2, 0) is 11.2 Å². The highest BCUT2D eigenvalue weighted by Crippen LogP contribution is 2.21. The van der Waals surface area contributed by atoms with Gasteiger partial charge in [-0.15, -0.1) is 11.3 Å². The molecule has 0 saturated heterocycles. The van der Waals surface area contributed by atoms with Gasteiger partial charge in [-0.3, -0.25) is 4.79 Å². The molecule has 0 spiro atoms. The number of carbonyl (C=O) groups is 1. The van der Waals surface area contributed by atoms with Crippen molar-refractivity contribution in [3.63, 3.8) is 0 Å². The van der Waals surface area contributed by atoms with Crippen LogP contribution in [0.3, 0.4) is 0 Å². The average molecular weight is 248 g/mol. The molecular formula is C9H14ClN3OS. The van der Waals surface area contributed by atoms with E-state index in [4.69, 9.17) is 23.1 Å². The maximum absolute atomic E-state index is 10.6. The summed E-state index contributed by atoms with van der Waals surface area (Å²) in [5.41, 5.74) is 10.5. The lowest BCUT2D eigenvalue weighted by molar-refractivity contribution is -0.119. The Balaban J connectivity index is 2.14. The number of halogens is 1. The van der Waals surface area contributed by atoms with E-state index >= 15 is 0 Å². The van der Waals surface area contributed by atoms with Crippen LogP contribution < -0.4 is 16.8 Å². The van der Waals surface area contributed by atoms with E-state index in [1.54, 1.807) is 11.3 Å². The van der Waals surface area contributed by atoms with Gasteiger partial charge in [0, 0.05) is 18.0 Å². The number of nitrogens with two attached hydrogens (primary N) is 2. The fraction of sp³-hybridized carbons (Fsp3) is 0.444. The number of thiophene rings is 1. The highest BCUT2D eigenvalue weighted by molar-refractivity contribution is 7.16. The Morgan fingerprint density at radius 2 is 2.33 bits per heavy atom. The predicted molar refractivity (Wildman–Crippen MR) is 63.1 cm³/mol. The molecule has 1 aromatic heterocycles. The van der Waals surface area contributed by atoms with E-state index in [0.29, 0.717) is 6.54 Å². The van der Waals surface area contributed by atoms with Gasteiger partial charge in [-0.25, -0.2) is 0 Å². The molecule has 1 heterocycles. The Kier molecular flexibility index (Phi) is 5.04. The maximum Gasteiger partial charge on any atom is 0.235 e. The first-order valence-corrected chi connectivity index (χ1v) is 5.79. The van der Waals surface area contributed by atoms with Gasteiger partial charge < -0.3 is 16.8 Å². The Hall–Kier alpha value is -0.620. The molecule has 0 aliphatic heterocycles. The summed E-state index contributed by atoms with van der Waals surface area (Å²) in [4.78, 5) is 11.8. The Morgan fingerprint density at radius 1 is 1.60 bits per heavy atom. The molecule has 6 heteroatoms. The first kappa shape index (κ1) is 12.4. The molecule has 84 valence electrons. The molecule has 1 aromatic rings. The van der Waals surface area contributed by atoms with Gasteiger partial charge in [0.1, 0.15) is 0 Å². The Labute approximate surface area is 97.6 Å². The number of hydrogen-bond donors (Lipinski definition) is 3. The molecule has 5 N–H and O–H groups in total. The van der Waals surface area contributed by atoms with Gasteiger partial charge in [0.25, 0.3) is 0 Å². The van der Waals surface area contributed by atoms with Crippen LogP contribution >= 0.6 is 22.9 Å². The van der Waals surface area contributed by atoms with Crippen molar-refractivity contribution in [1.29, 1.82) is 0 Å². The normalized spacial score (nSPS) is 12.7. The van der Waals surface area contributed by atoms with Crippen molar-refractivity contribution in [3.05, 3.63) is 21.3 Å². The van der Waals surface area contributed by atoms with Crippen LogP contribution in [0.5, 0.6) is 0 Å². The third-order valence-electron chi connectivity index (χ3n) is 1.91. The van der Waals surface area contributed by atoms with E-state index in [-0.39, 0.29) is 0 Å². The topological polar surface area (TPSA) is 81.1 Å². The fourth-order valence-corrected chi connectivity index (χ4v) is 2.14. The molecule has 0 aliphatic carbocycles. The van der Waals surface area contributed by atoms with Crippen LogP contribution in [0.4, 0.5) is 0 Å². The summed E-state index contributed by atoms with van der Waals surface area (Å²) in [5.74, 6) is -0.485. The third kappa shape index (κ3) is 4.61. The van der Waals surface area contributed by atoms with Crippen LogP contribution in [0.25, 0.3) is 0 Å². The van der Waals surface area contributed by atoms with E-state index in [0.717, 1.165) is 17.3 Å². The van der Waals surface area contributed by atoms with Crippen molar-refractivity contribution in [2.75, 3.05) is 13.1 Å². The number of primary amides is 1. The molecule has 4 nitrogen and oxygen atoms in total. The Morgan fingerprint density at radius 3 is 2.87 bits per heavy atom.